The number of halogens is 3. The van der Waals surface area contributed by atoms with E-state index in [4.69, 9.17) is 39.5 Å². The monoisotopic (exact) mass is 410 g/mol. The van der Waals surface area contributed by atoms with E-state index in [1.165, 1.54) is 12.1 Å². The second kappa shape index (κ2) is 9.15. The van der Waals surface area contributed by atoms with Crippen molar-refractivity contribution in [2.24, 2.45) is 0 Å². The minimum atomic E-state index is -0.425. The van der Waals surface area contributed by atoms with Crippen molar-refractivity contribution in [1.82, 2.24) is 4.90 Å². The van der Waals surface area contributed by atoms with Crippen LogP contribution in [0.2, 0.25) is 15.1 Å². The molecular weight excluding hydrogens is 395 g/mol. The summed E-state index contributed by atoms with van der Waals surface area (Å²) in [6.45, 7) is 2.76. The molecule has 1 aliphatic rings. The number of nitrogens with one attached hydrogen (secondary N) is 1. The van der Waals surface area contributed by atoms with E-state index < -0.39 is 6.04 Å². The molecule has 24 heavy (non-hydrogen) atoms. The molecule has 1 N–H and O–H groups in total. The van der Waals surface area contributed by atoms with Gasteiger partial charge in [0.15, 0.2) is 0 Å². The Kier molecular flexibility index (Phi) is 7.50. The van der Waals surface area contributed by atoms with Gasteiger partial charge in [-0.2, -0.15) is 11.8 Å². The van der Waals surface area contributed by atoms with Gasteiger partial charge in [-0.1, -0.05) is 34.8 Å². The van der Waals surface area contributed by atoms with E-state index in [0.717, 1.165) is 5.75 Å². The lowest BCUT2D eigenvalue weighted by molar-refractivity contribution is -0.148. The lowest BCUT2D eigenvalue weighted by atomic mass is 10.2. The molecule has 5 nitrogen and oxygen atoms in total. The van der Waals surface area contributed by atoms with Crippen molar-refractivity contribution >= 4 is 64.1 Å². The first-order valence-corrected chi connectivity index (χ1v) is 9.64. The third-order valence-corrected chi connectivity index (χ3v) is 5.25. The normalized spacial score (nSPS) is 18.2. The van der Waals surface area contributed by atoms with Crippen LogP contribution >= 0.6 is 46.6 Å². The number of anilines is 1. The number of thioether (sulfide) groups is 1. The largest absolute Gasteiger partial charge is 0.465 e. The van der Waals surface area contributed by atoms with Crippen molar-refractivity contribution in [3.8, 4) is 0 Å². The molecule has 0 bridgehead atoms. The Morgan fingerprint density at radius 1 is 1.33 bits per heavy atom. The van der Waals surface area contributed by atoms with Crippen LogP contribution in [0.1, 0.15) is 6.92 Å². The van der Waals surface area contributed by atoms with E-state index in [1.807, 2.05) is 4.90 Å². The maximum atomic E-state index is 12.3. The maximum Gasteiger partial charge on any atom is 0.324 e. The number of rotatable bonds is 5. The van der Waals surface area contributed by atoms with Crippen molar-refractivity contribution in [2.45, 2.75) is 13.0 Å². The van der Waals surface area contributed by atoms with Crippen molar-refractivity contribution in [1.29, 1.82) is 0 Å². The van der Waals surface area contributed by atoms with Crippen LogP contribution < -0.4 is 5.32 Å². The fraction of sp³-hybridized carbons (Fsp3) is 0.467. The molecule has 0 unspecified atom stereocenters. The SMILES string of the molecule is CCOC(=O)[C@@H]1CSCCN1CC(=O)Nc1c(Cl)cc(Cl)cc1Cl. The van der Waals surface area contributed by atoms with Crippen LogP contribution in [-0.4, -0.2) is 54.0 Å². The Morgan fingerprint density at radius 2 is 2.00 bits per heavy atom. The number of ether oxygens (including phenoxy) is 1. The van der Waals surface area contributed by atoms with Crippen LogP contribution in [0.4, 0.5) is 5.69 Å². The van der Waals surface area contributed by atoms with Gasteiger partial charge in [-0.25, -0.2) is 0 Å². The van der Waals surface area contributed by atoms with Crippen LogP contribution in [0.3, 0.4) is 0 Å². The van der Waals surface area contributed by atoms with E-state index in [1.54, 1.807) is 18.7 Å². The molecule has 0 saturated carbocycles. The number of amides is 1. The van der Waals surface area contributed by atoms with E-state index in [0.29, 0.717) is 29.6 Å². The topological polar surface area (TPSA) is 58.6 Å². The van der Waals surface area contributed by atoms with Gasteiger partial charge in [0.1, 0.15) is 6.04 Å². The molecule has 132 valence electrons. The second-order valence-electron chi connectivity index (χ2n) is 5.11. The molecule has 1 aromatic carbocycles. The number of esters is 1. The van der Waals surface area contributed by atoms with Crippen LogP contribution in [0.5, 0.6) is 0 Å². The molecule has 0 spiro atoms. The van der Waals surface area contributed by atoms with Gasteiger partial charge in [0.05, 0.1) is 28.9 Å². The minimum Gasteiger partial charge on any atom is -0.465 e. The zero-order valence-electron chi connectivity index (χ0n) is 13.0. The van der Waals surface area contributed by atoms with Crippen LogP contribution in [0.15, 0.2) is 12.1 Å². The Bertz CT molecular complexity index is 607. The predicted octanol–water partition coefficient (Wildman–Crippen LogP) is 3.57. The predicted molar refractivity (Wildman–Crippen MR) is 99.4 cm³/mol. The zero-order valence-corrected chi connectivity index (χ0v) is 16.1. The molecule has 1 fully saturated rings. The standard InChI is InChI=1S/C15H17Cl3N2O3S/c1-2-23-15(22)12-8-24-4-3-20(12)7-13(21)19-14-10(17)5-9(16)6-11(14)18/h5-6,12H,2-4,7-8H2,1H3,(H,19,21)/t12-/m0/s1. The Balaban J connectivity index is 2.04. The first-order valence-electron chi connectivity index (χ1n) is 7.35. The number of hydrogen-bond acceptors (Lipinski definition) is 5. The highest BCUT2D eigenvalue weighted by atomic mass is 35.5. The van der Waals surface area contributed by atoms with E-state index >= 15 is 0 Å². The molecule has 0 aromatic heterocycles. The van der Waals surface area contributed by atoms with Crippen LogP contribution in [-0.2, 0) is 14.3 Å². The minimum absolute atomic E-state index is 0.0549. The molecule has 1 atom stereocenters. The quantitative estimate of drug-likeness (QED) is 0.751. The summed E-state index contributed by atoms with van der Waals surface area (Å²) < 4.78 is 5.08. The molecule has 1 amide bonds. The highest BCUT2D eigenvalue weighted by Crippen LogP contribution is 2.33. The number of carbonyl (C=O) groups excluding carboxylic acids is 2. The lowest BCUT2D eigenvalue weighted by Crippen LogP contribution is -2.50. The average Bonchev–Trinajstić information content (AvgIpc) is 2.51. The molecule has 1 heterocycles. The number of nitrogens with zero attached hydrogens (tertiary/aromatic N) is 1. The van der Waals surface area contributed by atoms with Crippen molar-refractivity contribution < 1.29 is 14.3 Å². The fourth-order valence-corrected chi connectivity index (χ4v) is 4.32. The molecule has 0 radical (unpaired) electrons. The molecule has 1 aliphatic heterocycles. The van der Waals surface area contributed by atoms with Gasteiger partial charge < -0.3 is 10.1 Å². The van der Waals surface area contributed by atoms with Gasteiger partial charge in [0.2, 0.25) is 5.91 Å². The summed E-state index contributed by atoms with van der Waals surface area (Å²) in [6.07, 6.45) is 0. The van der Waals surface area contributed by atoms with E-state index in [2.05, 4.69) is 5.32 Å². The van der Waals surface area contributed by atoms with Gasteiger partial charge in [0, 0.05) is 23.1 Å². The summed E-state index contributed by atoms with van der Waals surface area (Å²) in [5.74, 6) is 0.850. The lowest BCUT2D eigenvalue weighted by Gasteiger charge is -2.32. The van der Waals surface area contributed by atoms with Crippen LogP contribution in [0, 0.1) is 0 Å². The summed E-state index contributed by atoms with van der Waals surface area (Å²) >= 11 is 19.7. The summed E-state index contributed by atoms with van der Waals surface area (Å²) in [5, 5.41) is 3.59. The van der Waals surface area contributed by atoms with Gasteiger partial charge in [0.25, 0.3) is 0 Å². The van der Waals surface area contributed by atoms with Gasteiger partial charge in [-0.05, 0) is 19.1 Å². The summed E-state index contributed by atoms with van der Waals surface area (Å²) in [4.78, 5) is 26.2. The summed E-state index contributed by atoms with van der Waals surface area (Å²) in [7, 11) is 0. The smallest absolute Gasteiger partial charge is 0.324 e. The fourth-order valence-electron chi connectivity index (χ4n) is 2.31. The Hall–Kier alpha value is -0.660. The summed E-state index contributed by atoms with van der Waals surface area (Å²) in [5.41, 5.74) is 0.312. The number of carbonyl (C=O) groups is 2. The molecule has 1 aromatic rings. The van der Waals surface area contributed by atoms with Gasteiger partial charge in [-0.15, -0.1) is 0 Å². The number of hydrogen-bond donors (Lipinski definition) is 1. The molecule has 2 rings (SSSR count). The van der Waals surface area contributed by atoms with Gasteiger partial charge >= 0.3 is 5.97 Å². The highest BCUT2D eigenvalue weighted by Gasteiger charge is 2.31. The Morgan fingerprint density at radius 3 is 2.62 bits per heavy atom. The average molecular weight is 412 g/mol. The highest BCUT2D eigenvalue weighted by molar-refractivity contribution is 7.99. The third-order valence-electron chi connectivity index (χ3n) is 3.42. The molecule has 0 aliphatic carbocycles. The Labute approximate surface area is 159 Å². The molecule has 1 saturated heterocycles. The third kappa shape index (κ3) is 5.17. The van der Waals surface area contributed by atoms with E-state index in [9.17, 15) is 9.59 Å². The first kappa shape index (κ1) is 19.7. The molecule has 9 heteroatoms. The van der Waals surface area contributed by atoms with Crippen molar-refractivity contribution in [3.05, 3.63) is 27.2 Å². The first-order chi connectivity index (χ1) is 11.4. The van der Waals surface area contributed by atoms with Crippen molar-refractivity contribution in [2.75, 3.05) is 36.5 Å². The zero-order chi connectivity index (χ0) is 17.7. The van der Waals surface area contributed by atoms with Crippen molar-refractivity contribution in [3.63, 3.8) is 0 Å². The maximum absolute atomic E-state index is 12.3. The van der Waals surface area contributed by atoms with Gasteiger partial charge in [-0.3, -0.25) is 14.5 Å². The molecular formula is C15H17Cl3N2O3S. The van der Waals surface area contributed by atoms with E-state index in [-0.39, 0.29) is 28.5 Å². The summed E-state index contributed by atoms with van der Waals surface area (Å²) in [6, 6.07) is 2.58. The number of benzene rings is 1. The second-order valence-corrected chi connectivity index (χ2v) is 7.51. The van der Waals surface area contributed by atoms with Crippen LogP contribution in [0.25, 0.3) is 0 Å².